The lowest BCUT2D eigenvalue weighted by atomic mass is 10.0. The Labute approximate surface area is 265 Å². The molecule has 1 saturated heterocycles. The lowest BCUT2D eigenvalue weighted by Crippen LogP contribution is -2.33. The van der Waals surface area contributed by atoms with Crippen LogP contribution in [0.2, 0.25) is 0 Å². The molecule has 0 saturated carbocycles. The van der Waals surface area contributed by atoms with Gasteiger partial charge < -0.3 is 40.0 Å². The minimum Gasteiger partial charge on any atom is -0.493 e. The van der Waals surface area contributed by atoms with Crippen LogP contribution in [0.3, 0.4) is 0 Å². The SMILES string of the molecule is OC[C@H]1O[C@@H](n2c(NCc3ccc(-c4ccccc4)c(OCCCCOCc4ccccc4)c3)nc3c(O)ncnc32)C(O)C1O. The lowest BCUT2D eigenvalue weighted by molar-refractivity contribution is -0.0501. The Balaban J connectivity index is 1.17. The summed E-state index contributed by atoms with van der Waals surface area (Å²) >= 11 is 0. The fraction of sp³-hybridized carbons (Fsp3) is 0.324. The molecule has 0 spiro atoms. The highest BCUT2D eigenvalue weighted by molar-refractivity contribution is 5.79. The summed E-state index contributed by atoms with van der Waals surface area (Å²) in [6, 6.07) is 26.1. The molecular formula is C34H37N5O7. The van der Waals surface area contributed by atoms with Crippen LogP contribution in [0.1, 0.15) is 30.2 Å². The molecule has 2 aromatic heterocycles. The van der Waals surface area contributed by atoms with Gasteiger partial charge in [-0.25, -0.2) is 9.97 Å². The second-order valence-corrected chi connectivity index (χ2v) is 11.0. The Morgan fingerprint density at radius 2 is 1.63 bits per heavy atom. The number of benzene rings is 3. The number of fused-ring (bicyclic) bond motifs is 1. The summed E-state index contributed by atoms with van der Waals surface area (Å²) in [6.45, 7) is 1.56. The van der Waals surface area contributed by atoms with Gasteiger partial charge in [0.1, 0.15) is 30.4 Å². The second kappa shape index (κ2) is 14.7. The van der Waals surface area contributed by atoms with Crippen molar-refractivity contribution in [3.63, 3.8) is 0 Å². The van der Waals surface area contributed by atoms with Gasteiger partial charge in [-0.3, -0.25) is 4.57 Å². The maximum Gasteiger partial charge on any atom is 0.243 e. The smallest absolute Gasteiger partial charge is 0.243 e. The molecule has 1 fully saturated rings. The molecule has 2 unspecified atom stereocenters. The highest BCUT2D eigenvalue weighted by Gasteiger charge is 2.45. The van der Waals surface area contributed by atoms with Crippen molar-refractivity contribution in [3.8, 4) is 22.8 Å². The highest BCUT2D eigenvalue weighted by Crippen LogP contribution is 2.36. The zero-order valence-electron chi connectivity index (χ0n) is 25.1. The predicted molar refractivity (Wildman–Crippen MR) is 170 cm³/mol. The zero-order valence-corrected chi connectivity index (χ0v) is 25.1. The van der Waals surface area contributed by atoms with Gasteiger partial charge in [0.2, 0.25) is 11.8 Å². The zero-order chi connectivity index (χ0) is 31.9. The number of rotatable bonds is 14. The van der Waals surface area contributed by atoms with E-state index in [9.17, 15) is 20.4 Å². The number of anilines is 1. The molecule has 0 bridgehead atoms. The van der Waals surface area contributed by atoms with Crippen LogP contribution >= 0.6 is 0 Å². The molecule has 0 amide bonds. The van der Waals surface area contributed by atoms with Crippen LogP contribution < -0.4 is 10.1 Å². The first-order chi connectivity index (χ1) is 22.5. The molecule has 6 rings (SSSR count). The summed E-state index contributed by atoms with van der Waals surface area (Å²) < 4.78 is 19.3. The summed E-state index contributed by atoms with van der Waals surface area (Å²) in [6.07, 6.45) is -1.96. The molecule has 240 valence electrons. The number of nitrogens with one attached hydrogen (secondary N) is 1. The molecule has 5 N–H and O–H groups in total. The number of aromatic hydroxyl groups is 1. The van der Waals surface area contributed by atoms with Crippen LogP contribution in [0.4, 0.5) is 5.95 Å². The number of ether oxygens (including phenoxy) is 3. The third-order valence-corrected chi connectivity index (χ3v) is 7.86. The first kappa shape index (κ1) is 31.4. The number of unbranched alkanes of at least 4 members (excludes halogenated alkanes) is 1. The summed E-state index contributed by atoms with van der Waals surface area (Å²) in [7, 11) is 0. The number of aliphatic hydroxyl groups excluding tert-OH is 3. The first-order valence-electron chi connectivity index (χ1n) is 15.2. The van der Waals surface area contributed by atoms with Gasteiger partial charge in [0.25, 0.3) is 0 Å². The molecule has 3 aromatic carbocycles. The maximum atomic E-state index is 10.8. The number of imidazole rings is 1. The van der Waals surface area contributed by atoms with E-state index in [2.05, 4.69) is 20.3 Å². The fourth-order valence-corrected chi connectivity index (χ4v) is 5.44. The topological polar surface area (TPSA) is 164 Å². The second-order valence-electron chi connectivity index (χ2n) is 11.0. The van der Waals surface area contributed by atoms with Crippen molar-refractivity contribution >= 4 is 17.1 Å². The molecule has 1 aliphatic heterocycles. The quantitative estimate of drug-likeness (QED) is 0.114. The maximum absolute atomic E-state index is 10.8. The van der Waals surface area contributed by atoms with E-state index in [1.54, 1.807) is 0 Å². The summed E-state index contributed by atoms with van der Waals surface area (Å²) in [5.41, 5.74) is 4.32. The average molecular weight is 628 g/mol. The largest absolute Gasteiger partial charge is 0.493 e. The molecule has 46 heavy (non-hydrogen) atoms. The number of aliphatic hydroxyl groups is 3. The average Bonchev–Trinajstić information content (AvgIpc) is 3.60. The normalized spacial score (nSPS) is 19.5. The summed E-state index contributed by atoms with van der Waals surface area (Å²) in [5.74, 6) is 0.619. The third-order valence-electron chi connectivity index (χ3n) is 7.86. The van der Waals surface area contributed by atoms with Crippen LogP contribution in [0.5, 0.6) is 11.6 Å². The molecule has 4 atom stereocenters. The van der Waals surface area contributed by atoms with Gasteiger partial charge in [-0.15, -0.1) is 0 Å². The van der Waals surface area contributed by atoms with E-state index in [-0.39, 0.29) is 23.0 Å². The van der Waals surface area contributed by atoms with Crippen molar-refractivity contribution in [2.24, 2.45) is 0 Å². The van der Waals surface area contributed by atoms with Gasteiger partial charge in [0.05, 0.1) is 19.8 Å². The van der Waals surface area contributed by atoms with Gasteiger partial charge in [-0.2, -0.15) is 4.98 Å². The van der Waals surface area contributed by atoms with Gasteiger partial charge in [0, 0.05) is 18.7 Å². The van der Waals surface area contributed by atoms with Crippen molar-refractivity contribution in [3.05, 3.63) is 96.3 Å². The van der Waals surface area contributed by atoms with Crippen LogP contribution in [-0.4, -0.2) is 78.1 Å². The van der Waals surface area contributed by atoms with Gasteiger partial charge in [-0.05, 0) is 35.6 Å². The first-order valence-corrected chi connectivity index (χ1v) is 15.2. The van der Waals surface area contributed by atoms with E-state index < -0.39 is 31.1 Å². The number of aromatic nitrogens is 4. The van der Waals surface area contributed by atoms with E-state index in [1.165, 1.54) is 10.9 Å². The van der Waals surface area contributed by atoms with Crippen molar-refractivity contribution in [1.29, 1.82) is 0 Å². The molecule has 0 aliphatic carbocycles. The van der Waals surface area contributed by atoms with Gasteiger partial charge in [0.15, 0.2) is 17.4 Å². The minimum absolute atomic E-state index is 0.0962. The van der Waals surface area contributed by atoms with Crippen molar-refractivity contribution in [1.82, 2.24) is 19.5 Å². The Kier molecular flexibility index (Phi) is 10.0. The van der Waals surface area contributed by atoms with E-state index in [1.807, 2.05) is 78.9 Å². The minimum atomic E-state index is -1.37. The van der Waals surface area contributed by atoms with Crippen molar-refractivity contribution < 1.29 is 34.6 Å². The molecule has 12 nitrogen and oxygen atoms in total. The molecule has 5 aromatic rings. The van der Waals surface area contributed by atoms with Crippen LogP contribution in [0.15, 0.2) is 85.2 Å². The monoisotopic (exact) mass is 627 g/mol. The number of hydrogen-bond donors (Lipinski definition) is 5. The molecule has 12 heteroatoms. The highest BCUT2D eigenvalue weighted by atomic mass is 16.6. The lowest BCUT2D eigenvalue weighted by Gasteiger charge is -2.20. The van der Waals surface area contributed by atoms with Crippen molar-refractivity contribution in [2.75, 3.05) is 25.1 Å². The Bertz CT molecular complexity index is 1720. The van der Waals surface area contributed by atoms with Crippen molar-refractivity contribution in [2.45, 2.75) is 50.5 Å². The number of hydrogen-bond acceptors (Lipinski definition) is 11. The fourth-order valence-electron chi connectivity index (χ4n) is 5.44. The van der Waals surface area contributed by atoms with Crippen LogP contribution in [-0.2, 0) is 22.6 Å². The van der Waals surface area contributed by atoms with Gasteiger partial charge in [-0.1, -0.05) is 72.8 Å². The molecule has 1 aliphatic rings. The van der Waals surface area contributed by atoms with E-state index in [0.29, 0.717) is 26.4 Å². The predicted octanol–water partition coefficient (Wildman–Crippen LogP) is 3.80. The number of nitrogens with zero attached hydrogens (tertiary/aromatic N) is 4. The Morgan fingerprint density at radius 3 is 2.39 bits per heavy atom. The molecule has 0 radical (unpaired) electrons. The summed E-state index contributed by atoms with van der Waals surface area (Å²) in [4.78, 5) is 12.5. The van der Waals surface area contributed by atoms with E-state index in [4.69, 9.17) is 14.2 Å². The third kappa shape index (κ3) is 6.96. The molecular weight excluding hydrogens is 590 g/mol. The van der Waals surface area contributed by atoms with E-state index in [0.717, 1.165) is 40.8 Å². The van der Waals surface area contributed by atoms with Crippen LogP contribution in [0, 0.1) is 0 Å². The van der Waals surface area contributed by atoms with E-state index >= 15 is 0 Å². The molecule has 3 heterocycles. The Hall–Kier alpha value is -4.59. The van der Waals surface area contributed by atoms with Gasteiger partial charge >= 0.3 is 0 Å². The standard InChI is InChI=1S/C34H37N5O7/c40-19-27-29(41)30(42)33(46-27)39-31-28(32(43)37-21-36-31)38-34(39)35-18-23-13-14-25(24-11-5-2-6-12-24)26(17-23)45-16-8-7-15-44-20-22-9-3-1-4-10-22/h1-6,9-14,17,21,27,29-30,33,40-42H,7-8,15-16,18-20H2,(H,35,38)(H,36,37,43)/t27-,29?,30?,33-/m1/s1. The summed E-state index contributed by atoms with van der Waals surface area (Å²) in [5, 5.41) is 44.4. The Morgan fingerprint density at radius 1 is 0.870 bits per heavy atom. The van der Waals surface area contributed by atoms with Crippen LogP contribution in [0.25, 0.3) is 22.3 Å².